The predicted octanol–water partition coefficient (Wildman–Crippen LogP) is 2.46. The van der Waals surface area contributed by atoms with E-state index in [4.69, 9.17) is 0 Å². The molecule has 0 bridgehead atoms. The summed E-state index contributed by atoms with van der Waals surface area (Å²) in [5.74, 6) is 1.40. The maximum atomic E-state index is 9.49. The van der Waals surface area contributed by atoms with E-state index in [0.29, 0.717) is 11.8 Å². The normalized spacial score (nSPS) is 21.0. The van der Waals surface area contributed by atoms with Crippen molar-refractivity contribution in [2.75, 3.05) is 13.1 Å². The van der Waals surface area contributed by atoms with E-state index in [0.717, 1.165) is 24.3 Å². The molecule has 0 aliphatic carbocycles. The molecule has 0 radical (unpaired) electrons. The lowest BCUT2D eigenvalue weighted by Crippen LogP contribution is -2.40. The van der Waals surface area contributed by atoms with Crippen LogP contribution in [0.15, 0.2) is 24.5 Å². The molecule has 102 valence electrons. The number of aromatic nitrogens is 2. The molecule has 1 unspecified atom stereocenters. The maximum Gasteiger partial charge on any atom is 0.119 e. The molecular formula is C15H21N3O. The van der Waals surface area contributed by atoms with Gasteiger partial charge < -0.3 is 14.4 Å². The van der Waals surface area contributed by atoms with Gasteiger partial charge in [-0.3, -0.25) is 0 Å². The first-order valence-electron chi connectivity index (χ1n) is 7.17. The van der Waals surface area contributed by atoms with Gasteiger partial charge in [0.25, 0.3) is 0 Å². The molecule has 3 heterocycles. The monoisotopic (exact) mass is 259 g/mol. The first kappa shape index (κ1) is 12.5. The van der Waals surface area contributed by atoms with Gasteiger partial charge in [0.1, 0.15) is 11.6 Å². The Kier molecular flexibility index (Phi) is 3.42. The highest BCUT2D eigenvalue weighted by atomic mass is 16.3. The second-order valence-corrected chi connectivity index (χ2v) is 5.34. The highest BCUT2D eigenvalue weighted by Crippen LogP contribution is 2.21. The molecule has 3 rings (SSSR count). The highest BCUT2D eigenvalue weighted by Gasteiger charge is 2.22. The average molecular weight is 259 g/mol. The van der Waals surface area contributed by atoms with Crippen LogP contribution in [0.4, 0.5) is 0 Å². The van der Waals surface area contributed by atoms with Gasteiger partial charge >= 0.3 is 0 Å². The van der Waals surface area contributed by atoms with Gasteiger partial charge in [0, 0.05) is 24.7 Å². The van der Waals surface area contributed by atoms with Crippen molar-refractivity contribution in [3.63, 3.8) is 0 Å². The van der Waals surface area contributed by atoms with Crippen molar-refractivity contribution in [2.45, 2.75) is 38.6 Å². The molecule has 2 aromatic heterocycles. The number of rotatable bonds is 3. The standard InChI is InChI=1S/C15H21N3O/c1-2-17-7-4-3-5-12(17)10-15-16-11-13-9-14(19)6-8-18(13)15/h6,8-9,11-12,19H,2-5,7,10H2,1H3. The smallest absolute Gasteiger partial charge is 0.119 e. The van der Waals surface area contributed by atoms with Crippen LogP contribution in [0.25, 0.3) is 5.52 Å². The number of piperidine rings is 1. The number of nitrogens with zero attached hydrogens (tertiary/aromatic N) is 3. The summed E-state index contributed by atoms with van der Waals surface area (Å²) in [6.07, 6.45) is 8.65. The van der Waals surface area contributed by atoms with Crippen molar-refractivity contribution < 1.29 is 5.11 Å². The minimum absolute atomic E-state index is 0.298. The first-order chi connectivity index (χ1) is 9.28. The molecule has 1 saturated heterocycles. The molecule has 1 atom stereocenters. The number of likely N-dealkylation sites (N-methyl/N-ethyl adjacent to an activating group) is 1. The van der Waals surface area contributed by atoms with Crippen LogP contribution in [0, 0.1) is 0 Å². The van der Waals surface area contributed by atoms with Crippen molar-refractivity contribution >= 4 is 5.52 Å². The summed E-state index contributed by atoms with van der Waals surface area (Å²) in [4.78, 5) is 7.08. The zero-order valence-electron chi connectivity index (χ0n) is 11.4. The van der Waals surface area contributed by atoms with E-state index >= 15 is 0 Å². The van der Waals surface area contributed by atoms with Gasteiger partial charge in [-0.05, 0) is 32.0 Å². The number of fused-ring (bicyclic) bond motifs is 1. The maximum absolute atomic E-state index is 9.49. The Bertz CT molecular complexity index is 564. The van der Waals surface area contributed by atoms with Gasteiger partial charge in [-0.2, -0.15) is 0 Å². The molecule has 1 aliphatic rings. The lowest BCUT2D eigenvalue weighted by Gasteiger charge is -2.34. The van der Waals surface area contributed by atoms with Gasteiger partial charge in [-0.1, -0.05) is 13.3 Å². The van der Waals surface area contributed by atoms with Crippen LogP contribution in [0.1, 0.15) is 32.0 Å². The van der Waals surface area contributed by atoms with Crippen LogP contribution >= 0.6 is 0 Å². The lowest BCUT2D eigenvalue weighted by atomic mass is 9.99. The van der Waals surface area contributed by atoms with Gasteiger partial charge in [0.05, 0.1) is 11.7 Å². The summed E-state index contributed by atoms with van der Waals surface area (Å²) >= 11 is 0. The molecule has 0 saturated carbocycles. The number of imidazole rings is 1. The topological polar surface area (TPSA) is 40.8 Å². The molecule has 19 heavy (non-hydrogen) atoms. The first-order valence-corrected chi connectivity index (χ1v) is 7.17. The molecule has 1 N–H and O–H groups in total. The molecule has 4 nitrogen and oxygen atoms in total. The van der Waals surface area contributed by atoms with E-state index in [1.54, 1.807) is 12.1 Å². The van der Waals surface area contributed by atoms with Crippen LogP contribution in [-0.4, -0.2) is 38.5 Å². The largest absolute Gasteiger partial charge is 0.508 e. The molecule has 1 fully saturated rings. The SMILES string of the molecule is CCN1CCCCC1Cc1ncc2cc(O)ccn12. The zero-order valence-corrected chi connectivity index (χ0v) is 11.4. The average Bonchev–Trinajstić information content (AvgIpc) is 2.82. The highest BCUT2D eigenvalue weighted by molar-refractivity contribution is 5.50. The van der Waals surface area contributed by atoms with Gasteiger partial charge in [-0.25, -0.2) is 4.98 Å². The molecule has 4 heteroatoms. The van der Waals surface area contributed by atoms with Crippen LogP contribution in [0.2, 0.25) is 0 Å². The van der Waals surface area contributed by atoms with E-state index < -0.39 is 0 Å². The van der Waals surface area contributed by atoms with Crippen molar-refractivity contribution in [3.05, 3.63) is 30.4 Å². The fourth-order valence-corrected chi connectivity index (χ4v) is 3.11. The number of aromatic hydroxyl groups is 1. The van der Waals surface area contributed by atoms with Gasteiger partial charge in [0.2, 0.25) is 0 Å². The lowest BCUT2D eigenvalue weighted by molar-refractivity contribution is 0.153. The fourth-order valence-electron chi connectivity index (χ4n) is 3.11. The van der Waals surface area contributed by atoms with E-state index in [2.05, 4.69) is 21.2 Å². The van der Waals surface area contributed by atoms with E-state index in [1.807, 2.05) is 12.4 Å². The summed E-state index contributed by atoms with van der Waals surface area (Å²) < 4.78 is 2.09. The molecule has 0 aromatic carbocycles. The predicted molar refractivity (Wildman–Crippen MR) is 75.4 cm³/mol. The quantitative estimate of drug-likeness (QED) is 0.920. The van der Waals surface area contributed by atoms with E-state index in [1.165, 1.54) is 25.8 Å². The number of hydrogen-bond acceptors (Lipinski definition) is 3. The van der Waals surface area contributed by atoms with Crippen LogP contribution in [-0.2, 0) is 6.42 Å². The third kappa shape index (κ3) is 2.45. The Morgan fingerprint density at radius 2 is 2.32 bits per heavy atom. The van der Waals surface area contributed by atoms with Gasteiger partial charge in [0.15, 0.2) is 0 Å². The van der Waals surface area contributed by atoms with Crippen molar-refractivity contribution in [1.82, 2.24) is 14.3 Å². The number of pyridine rings is 1. The third-order valence-corrected chi connectivity index (χ3v) is 4.17. The molecule has 0 spiro atoms. The Morgan fingerprint density at radius 1 is 1.42 bits per heavy atom. The zero-order chi connectivity index (χ0) is 13.2. The number of hydrogen-bond donors (Lipinski definition) is 1. The summed E-state index contributed by atoms with van der Waals surface area (Å²) in [5.41, 5.74) is 0.967. The summed E-state index contributed by atoms with van der Waals surface area (Å²) in [6, 6.07) is 4.09. The Balaban J connectivity index is 1.84. The van der Waals surface area contributed by atoms with Crippen molar-refractivity contribution in [3.8, 4) is 5.75 Å². The van der Waals surface area contributed by atoms with Crippen molar-refractivity contribution in [1.29, 1.82) is 0 Å². The second kappa shape index (κ2) is 5.21. The Morgan fingerprint density at radius 3 is 3.16 bits per heavy atom. The Labute approximate surface area is 113 Å². The minimum Gasteiger partial charge on any atom is -0.508 e. The summed E-state index contributed by atoms with van der Waals surface area (Å²) in [7, 11) is 0. The van der Waals surface area contributed by atoms with Crippen LogP contribution in [0.5, 0.6) is 5.75 Å². The summed E-state index contributed by atoms with van der Waals surface area (Å²) in [6.45, 7) is 4.57. The molecule has 2 aromatic rings. The van der Waals surface area contributed by atoms with Crippen molar-refractivity contribution in [2.24, 2.45) is 0 Å². The van der Waals surface area contributed by atoms with Gasteiger partial charge in [-0.15, -0.1) is 0 Å². The van der Waals surface area contributed by atoms with E-state index in [9.17, 15) is 5.11 Å². The molecule has 1 aliphatic heterocycles. The number of likely N-dealkylation sites (tertiary alicyclic amines) is 1. The fraction of sp³-hybridized carbons (Fsp3) is 0.533. The summed E-state index contributed by atoms with van der Waals surface area (Å²) in [5, 5.41) is 9.49. The molecule has 0 amide bonds. The van der Waals surface area contributed by atoms with Crippen LogP contribution < -0.4 is 0 Å². The minimum atomic E-state index is 0.298. The van der Waals surface area contributed by atoms with E-state index in [-0.39, 0.29) is 0 Å². The van der Waals surface area contributed by atoms with Crippen LogP contribution in [0.3, 0.4) is 0 Å². The third-order valence-electron chi connectivity index (χ3n) is 4.17. The second-order valence-electron chi connectivity index (χ2n) is 5.34. The molecular weight excluding hydrogens is 238 g/mol. The Hall–Kier alpha value is -1.55.